The van der Waals surface area contributed by atoms with E-state index in [1.807, 2.05) is 0 Å². The predicted octanol–water partition coefficient (Wildman–Crippen LogP) is 3.69. The average molecular weight is 256 g/mol. The number of hydrogen-bond donors (Lipinski definition) is 2. The third-order valence-corrected chi connectivity index (χ3v) is 4.52. The van der Waals surface area contributed by atoms with Crippen LogP contribution in [0.5, 0.6) is 0 Å². The van der Waals surface area contributed by atoms with Crippen molar-refractivity contribution in [1.29, 1.82) is 0 Å². The Hall–Kier alpha value is -1.28. The molecule has 1 aromatic rings. The molecule has 2 nitrogen and oxygen atoms in total. The minimum Gasteiger partial charge on any atom is -0.398 e. The SMILES string of the molecule is Nc1ccc(C2CCNCC2)cc1C1=CCCCC1. The van der Waals surface area contributed by atoms with Gasteiger partial charge in [0.05, 0.1) is 0 Å². The number of allylic oxidation sites excluding steroid dienone is 2. The van der Waals surface area contributed by atoms with Gasteiger partial charge < -0.3 is 11.1 Å². The maximum atomic E-state index is 6.20. The van der Waals surface area contributed by atoms with Crippen LogP contribution in [0.15, 0.2) is 24.3 Å². The van der Waals surface area contributed by atoms with Crippen molar-refractivity contribution in [3.05, 3.63) is 35.4 Å². The molecule has 1 saturated heterocycles. The molecule has 1 aromatic carbocycles. The van der Waals surface area contributed by atoms with Crippen LogP contribution in [0.3, 0.4) is 0 Å². The fourth-order valence-electron chi connectivity index (χ4n) is 3.34. The molecule has 2 aliphatic rings. The van der Waals surface area contributed by atoms with E-state index in [-0.39, 0.29) is 0 Å². The molecule has 3 rings (SSSR count). The van der Waals surface area contributed by atoms with E-state index in [1.54, 1.807) is 0 Å². The van der Waals surface area contributed by atoms with E-state index < -0.39 is 0 Å². The number of benzene rings is 1. The van der Waals surface area contributed by atoms with Crippen molar-refractivity contribution in [2.24, 2.45) is 0 Å². The lowest BCUT2D eigenvalue weighted by Crippen LogP contribution is -2.26. The molecular formula is C17H24N2. The molecule has 1 heterocycles. The van der Waals surface area contributed by atoms with Crippen molar-refractivity contribution in [3.63, 3.8) is 0 Å². The molecule has 2 heteroatoms. The van der Waals surface area contributed by atoms with Crippen LogP contribution < -0.4 is 11.1 Å². The highest BCUT2D eigenvalue weighted by Crippen LogP contribution is 2.34. The van der Waals surface area contributed by atoms with Crippen LogP contribution in [0.2, 0.25) is 0 Å². The smallest absolute Gasteiger partial charge is 0.0390 e. The first kappa shape index (κ1) is 12.7. The van der Waals surface area contributed by atoms with Gasteiger partial charge in [-0.3, -0.25) is 0 Å². The lowest BCUT2D eigenvalue weighted by molar-refractivity contribution is 0.460. The van der Waals surface area contributed by atoms with Crippen molar-refractivity contribution in [1.82, 2.24) is 5.32 Å². The minimum atomic E-state index is 0.713. The number of anilines is 1. The lowest BCUT2D eigenvalue weighted by Gasteiger charge is -2.24. The van der Waals surface area contributed by atoms with Crippen LogP contribution in [0.25, 0.3) is 5.57 Å². The van der Waals surface area contributed by atoms with Crippen LogP contribution in [0, 0.1) is 0 Å². The molecule has 0 amide bonds. The zero-order chi connectivity index (χ0) is 13.1. The van der Waals surface area contributed by atoms with Gasteiger partial charge in [-0.25, -0.2) is 0 Å². The summed E-state index contributed by atoms with van der Waals surface area (Å²) in [5.41, 5.74) is 11.4. The summed E-state index contributed by atoms with van der Waals surface area (Å²) in [5.74, 6) is 0.713. The highest BCUT2D eigenvalue weighted by molar-refractivity contribution is 5.76. The Morgan fingerprint density at radius 1 is 1.11 bits per heavy atom. The number of rotatable bonds is 2. The maximum absolute atomic E-state index is 6.20. The topological polar surface area (TPSA) is 38.0 Å². The summed E-state index contributed by atoms with van der Waals surface area (Å²) in [5, 5.41) is 3.44. The highest BCUT2D eigenvalue weighted by atomic mass is 14.9. The van der Waals surface area contributed by atoms with E-state index >= 15 is 0 Å². The first-order valence-corrected chi connectivity index (χ1v) is 7.64. The van der Waals surface area contributed by atoms with E-state index in [9.17, 15) is 0 Å². The van der Waals surface area contributed by atoms with Crippen molar-refractivity contribution >= 4 is 11.3 Å². The molecule has 0 saturated carbocycles. The van der Waals surface area contributed by atoms with Gasteiger partial charge in [-0.05, 0) is 80.8 Å². The highest BCUT2D eigenvalue weighted by Gasteiger charge is 2.17. The molecule has 3 N–H and O–H groups in total. The van der Waals surface area contributed by atoms with Crippen LogP contribution in [0.4, 0.5) is 5.69 Å². The number of nitrogens with one attached hydrogen (secondary N) is 1. The standard InChI is InChI=1S/C17H24N2/c18-17-7-6-15(13-8-10-19-11-9-13)12-16(17)14-4-2-1-3-5-14/h4,6-7,12-13,19H,1-3,5,8-11,18H2. The van der Waals surface area contributed by atoms with Crippen LogP contribution in [-0.4, -0.2) is 13.1 Å². The molecule has 0 radical (unpaired) electrons. The third-order valence-electron chi connectivity index (χ3n) is 4.52. The Morgan fingerprint density at radius 3 is 2.68 bits per heavy atom. The summed E-state index contributed by atoms with van der Waals surface area (Å²) in [6.45, 7) is 2.29. The minimum absolute atomic E-state index is 0.713. The first-order chi connectivity index (χ1) is 9.34. The van der Waals surface area contributed by atoms with Gasteiger partial charge in [-0.1, -0.05) is 12.1 Å². The molecule has 1 fully saturated rings. The summed E-state index contributed by atoms with van der Waals surface area (Å²) in [6, 6.07) is 6.71. The van der Waals surface area contributed by atoms with Crippen LogP contribution >= 0.6 is 0 Å². The molecule has 19 heavy (non-hydrogen) atoms. The third kappa shape index (κ3) is 2.84. The van der Waals surface area contributed by atoms with E-state index in [4.69, 9.17) is 5.73 Å². The molecule has 0 aromatic heterocycles. The molecule has 0 bridgehead atoms. The maximum Gasteiger partial charge on any atom is 0.0390 e. The van der Waals surface area contributed by atoms with Gasteiger partial charge in [0, 0.05) is 11.3 Å². The average Bonchev–Trinajstić information content (AvgIpc) is 2.49. The Kier molecular flexibility index (Phi) is 3.88. The fraction of sp³-hybridized carbons (Fsp3) is 0.529. The number of piperidine rings is 1. The van der Waals surface area contributed by atoms with Gasteiger partial charge in [0.1, 0.15) is 0 Å². The zero-order valence-electron chi connectivity index (χ0n) is 11.6. The molecular weight excluding hydrogens is 232 g/mol. The van der Waals surface area contributed by atoms with Crippen LogP contribution in [0.1, 0.15) is 55.6 Å². The Bertz CT molecular complexity index is 470. The summed E-state index contributed by atoms with van der Waals surface area (Å²) in [4.78, 5) is 0. The predicted molar refractivity (Wildman–Crippen MR) is 82.1 cm³/mol. The second kappa shape index (κ2) is 5.79. The number of nitrogen functional groups attached to an aromatic ring is 1. The van der Waals surface area contributed by atoms with Gasteiger partial charge in [-0.15, -0.1) is 0 Å². The molecule has 1 aliphatic carbocycles. The second-order valence-electron chi connectivity index (χ2n) is 5.85. The molecule has 0 spiro atoms. The second-order valence-corrected chi connectivity index (χ2v) is 5.85. The Labute approximate surface area is 116 Å². The van der Waals surface area contributed by atoms with Gasteiger partial charge in [0.25, 0.3) is 0 Å². The molecule has 0 unspecified atom stereocenters. The van der Waals surface area contributed by atoms with Crippen LogP contribution in [-0.2, 0) is 0 Å². The quantitative estimate of drug-likeness (QED) is 0.792. The van der Waals surface area contributed by atoms with E-state index in [2.05, 4.69) is 29.6 Å². The Balaban J connectivity index is 1.88. The lowest BCUT2D eigenvalue weighted by atomic mass is 9.86. The molecule has 102 valence electrons. The van der Waals surface area contributed by atoms with Gasteiger partial charge >= 0.3 is 0 Å². The molecule has 0 atom stereocenters. The van der Waals surface area contributed by atoms with E-state index in [0.717, 1.165) is 18.8 Å². The molecule has 1 aliphatic heterocycles. The Morgan fingerprint density at radius 2 is 1.95 bits per heavy atom. The summed E-state index contributed by atoms with van der Waals surface area (Å²) in [7, 11) is 0. The van der Waals surface area contributed by atoms with Crippen molar-refractivity contribution in [2.75, 3.05) is 18.8 Å². The summed E-state index contributed by atoms with van der Waals surface area (Å²) >= 11 is 0. The van der Waals surface area contributed by atoms with Gasteiger partial charge in [0.15, 0.2) is 0 Å². The summed E-state index contributed by atoms with van der Waals surface area (Å²) < 4.78 is 0. The van der Waals surface area contributed by atoms with E-state index in [1.165, 1.54) is 55.2 Å². The van der Waals surface area contributed by atoms with E-state index in [0.29, 0.717) is 5.92 Å². The zero-order valence-corrected chi connectivity index (χ0v) is 11.6. The fourth-order valence-corrected chi connectivity index (χ4v) is 3.34. The number of hydrogen-bond acceptors (Lipinski definition) is 2. The van der Waals surface area contributed by atoms with Gasteiger partial charge in [-0.2, -0.15) is 0 Å². The summed E-state index contributed by atoms with van der Waals surface area (Å²) in [6.07, 6.45) is 9.94. The normalized spacial score (nSPS) is 21.2. The van der Waals surface area contributed by atoms with Crippen molar-refractivity contribution < 1.29 is 0 Å². The van der Waals surface area contributed by atoms with Crippen molar-refractivity contribution in [2.45, 2.75) is 44.4 Å². The monoisotopic (exact) mass is 256 g/mol. The first-order valence-electron chi connectivity index (χ1n) is 7.64. The van der Waals surface area contributed by atoms with Crippen molar-refractivity contribution in [3.8, 4) is 0 Å². The largest absolute Gasteiger partial charge is 0.398 e. The van der Waals surface area contributed by atoms with Gasteiger partial charge in [0.2, 0.25) is 0 Å². The number of nitrogens with two attached hydrogens (primary N) is 1.